The molecular weight excluding hydrogens is 536 g/mol. The van der Waals surface area contributed by atoms with Gasteiger partial charge in [0.25, 0.3) is 0 Å². The number of aromatic nitrogens is 4. The molecule has 0 saturated carbocycles. The van der Waals surface area contributed by atoms with E-state index in [0.717, 1.165) is 26.2 Å². The van der Waals surface area contributed by atoms with E-state index in [1.165, 1.54) is 110 Å². The topological polar surface area (TPSA) is 15.5 Å². The van der Waals surface area contributed by atoms with Crippen molar-refractivity contribution in [3.05, 3.63) is 108 Å². The smallest absolute Gasteiger partial charge is 0.171 e. The van der Waals surface area contributed by atoms with Gasteiger partial charge >= 0.3 is 0 Å². The molecule has 0 radical (unpaired) electrons. The molecule has 0 N–H and O–H groups in total. The van der Waals surface area contributed by atoms with Crippen molar-refractivity contribution in [3.63, 3.8) is 0 Å². The zero-order valence-electron chi connectivity index (χ0n) is 28.2. The van der Waals surface area contributed by atoms with Crippen molar-refractivity contribution in [1.82, 2.24) is 0 Å². The highest BCUT2D eigenvalue weighted by molar-refractivity contribution is 5.60. The highest BCUT2D eigenvalue weighted by Crippen LogP contribution is 2.16. The van der Waals surface area contributed by atoms with Gasteiger partial charge in [-0.15, -0.1) is 0 Å². The highest BCUT2D eigenvalue weighted by atomic mass is 14.9. The molecule has 0 aliphatic heterocycles. The van der Waals surface area contributed by atoms with Gasteiger partial charge in [-0.05, 0) is 76.6 Å². The molecule has 0 amide bonds. The second kappa shape index (κ2) is 18.4. The van der Waals surface area contributed by atoms with Crippen molar-refractivity contribution in [2.75, 3.05) is 0 Å². The Morgan fingerprint density at radius 2 is 0.591 bits per heavy atom. The summed E-state index contributed by atoms with van der Waals surface area (Å²) in [4.78, 5) is 0. The first-order valence-electron chi connectivity index (χ1n) is 17.4. The van der Waals surface area contributed by atoms with Gasteiger partial charge in [-0.25, -0.2) is 18.3 Å². The maximum Gasteiger partial charge on any atom is 0.171 e. The molecule has 0 aromatic carbocycles. The van der Waals surface area contributed by atoms with Crippen molar-refractivity contribution in [2.24, 2.45) is 0 Å². The van der Waals surface area contributed by atoms with Crippen LogP contribution in [0.2, 0.25) is 0 Å². The third-order valence-electron chi connectivity index (χ3n) is 8.67. The number of rotatable bonds is 19. The van der Waals surface area contributed by atoms with E-state index in [-0.39, 0.29) is 0 Å². The van der Waals surface area contributed by atoms with E-state index in [1.54, 1.807) is 0 Å². The van der Waals surface area contributed by atoms with E-state index in [0.29, 0.717) is 0 Å². The van der Waals surface area contributed by atoms with Gasteiger partial charge in [0.2, 0.25) is 0 Å². The molecule has 4 heteroatoms. The van der Waals surface area contributed by atoms with Crippen LogP contribution in [0.1, 0.15) is 99.3 Å². The average Bonchev–Trinajstić information content (AvgIpc) is 2.99. The standard InChI is InChI=1S/C40H58N4/c1-35-29-36(2)32-43(31-35)23-15-11-7-5-9-13-21-41-25-17-39(18-26-41)40-19-27-42(28-20-40)22-14-10-6-8-12-16-24-44-33-37(3)30-38(4)34-44/h17-20,25-34H,5-16,21-24H2,1-4H3/q+4. The highest BCUT2D eigenvalue weighted by Gasteiger charge is 2.08. The van der Waals surface area contributed by atoms with Gasteiger partial charge in [0, 0.05) is 72.2 Å². The first-order chi connectivity index (χ1) is 21.4. The molecular formula is C40H58N4+4. The van der Waals surface area contributed by atoms with Gasteiger partial charge in [-0.3, -0.25) is 0 Å². The van der Waals surface area contributed by atoms with Gasteiger partial charge in [-0.1, -0.05) is 25.7 Å². The summed E-state index contributed by atoms with van der Waals surface area (Å²) in [5.41, 5.74) is 8.02. The summed E-state index contributed by atoms with van der Waals surface area (Å²) in [5.74, 6) is 0. The lowest BCUT2D eigenvalue weighted by Crippen LogP contribution is -2.33. The van der Waals surface area contributed by atoms with Crippen LogP contribution >= 0.6 is 0 Å². The van der Waals surface area contributed by atoms with Crippen molar-refractivity contribution >= 4 is 0 Å². The molecule has 0 fully saturated rings. The number of hydrogen-bond donors (Lipinski definition) is 0. The lowest BCUT2D eigenvalue weighted by molar-refractivity contribution is -0.698. The van der Waals surface area contributed by atoms with E-state index in [1.807, 2.05) is 0 Å². The fourth-order valence-corrected chi connectivity index (χ4v) is 6.44. The van der Waals surface area contributed by atoms with Gasteiger partial charge < -0.3 is 0 Å². The molecule has 4 nitrogen and oxygen atoms in total. The van der Waals surface area contributed by atoms with Crippen molar-refractivity contribution < 1.29 is 18.3 Å². The Labute approximate surface area is 268 Å². The third-order valence-corrected chi connectivity index (χ3v) is 8.67. The summed E-state index contributed by atoms with van der Waals surface area (Å²) in [6, 6.07) is 13.6. The predicted octanol–water partition coefficient (Wildman–Crippen LogP) is 7.82. The molecule has 0 unspecified atom stereocenters. The molecule has 0 bridgehead atoms. The van der Waals surface area contributed by atoms with Crippen LogP contribution in [0, 0.1) is 27.7 Å². The van der Waals surface area contributed by atoms with Crippen molar-refractivity contribution in [2.45, 2.75) is 131 Å². The van der Waals surface area contributed by atoms with E-state index < -0.39 is 0 Å². The van der Waals surface area contributed by atoms with Crippen LogP contribution in [0.5, 0.6) is 0 Å². The molecule has 0 saturated heterocycles. The van der Waals surface area contributed by atoms with Crippen LogP contribution in [0.15, 0.2) is 86.0 Å². The second-order valence-corrected chi connectivity index (χ2v) is 13.1. The fraction of sp³-hybridized carbons (Fsp3) is 0.500. The maximum atomic E-state index is 2.36. The van der Waals surface area contributed by atoms with Crippen LogP contribution < -0.4 is 18.3 Å². The minimum absolute atomic E-state index is 1.11. The Morgan fingerprint density at radius 3 is 0.886 bits per heavy atom. The summed E-state index contributed by atoms with van der Waals surface area (Å²) in [7, 11) is 0. The number of aryl methyl sites for hydroxylation is 8. The summed E-state index contributed by atoms with van der Waals surface area (Å²) >= 11 is 0. The number of nitrogens with zero attached hydrogens (tertiary/aromatic N) is 4. The lowest BCUT2D eigenvalue weighted by Gasteiger charge is -2.03. The minimum Gasteiger partial charge on any atom is -0.205 e. The van der Waals surface area contributed by atoms with Crippen LogP contribution in [0.4, 0.5) is 0 Å². The first-order valence-corrected chi connectivity index (χ1v) is 17.4. The zero-order chi connectivity index (χ0) is 31.0. The van der Waals surface area contributed by atoms with Crippen LogP contribution in [-0.2, 0) is 26.2 Å². The predicted molar refractivity (Wildman–Crippen MR) is 180 cm³/mol. The molecule has 234 valence electrons. The number of unbranched alkanes of at least 4 members (excludes halogenated alkanes) is 10. The Hall–Kier alpha value is -3.40. The number of hydrogen-bond acceptors (Lipinski definition) is 0. The molecule has 4 heterocycles. The van der Waals surface area contributed by atoms with E-state index >= 15 is 0 Å². The first kappa shape index (κ1) is 33.5. The molecule has 0 spiro atoms. The van der Waals surface area contributed by atoms with Gasteiger partial charge in [0.15, 0.2) is 49.6 Å². The van der Waals surface area contributed by atoms with Gasteiger partial charge in [0.1, 0.15) is 26.2 Å². The molecule has 0 atom stereocenters. The molecule has 44 heavy (non-hydrogen) atoms. The fourth-order valence-electron chi connectivity index (χ4n) is 6.44. The summed E-state index contributed by atoms with van der Waals surface area (Å²) in [6.45, 7) is 13.2. The van der Waals surface area contributed by atoms with Crippen LogP contribution in [0.25, 0.3) is 11.1 Å². The molecule has 0 aliphatic rings. The Kier molecular flexibility index (Phi) is 14.0. The van der Waals surface area contributed by atoms with E-state index in [2.05, 4.69) is 132 Å². The minimum atomic E-state index is 1.11. The molecule has 0 aliphatic carbocycles. The van der Waals surface area contributed by atoms with Gasteiger partial charge in [-0.2, -0.15) is 0 Å². The van der Waals surface area contributed by atoms with Crippen LogP contribution in [-0.4, -0.2) is 0 Å². The third kappa shape index (κ3) is 12.3. The lowest BCUT2D eigenvalue weighted by atomic mass is 10.1. The van der Waals surface area contributed by atoms with E-state index in [9.17, 15) is 0 Å². The Morgan fingerprint density at radius 1 is 0.341 bits per heavy atom. The summed E-state index contributed by atoms with van der Waals surface area (Å²) in [5, 5.41) is 0. The molecule has 4 aromatic rings. The zero-order valence-corrected chi connectivity index (χ0v) is 28.2. The summed E-state index contributed by atoms with van der Waals surface area (Å²) in [6.07, 6.45) is 33.8. The normalized spacial score (nSPS) is 11.3. The van der Waals surface area contributed by atoms with Crippen molar-refractivity contribution in [1.29, 1.82) is 0 Å². The Balaban J connectivity index is 1.03. The second-order valence-electron chi connectivity index (χ2n) is 13.1. The number of pyridine rings is 4. The van der Waals surface area contributed by atoms with Crippen LogP contribution in [0.3, 0.4) is 0 Å². The SMILES string of the molecule is Cc1cc(C)c[n+](CCCCCCCC[n+]2ccc(-c3cc[n+](CCCCCCCC[n+]4cc(C)cc(C)c4)cc3)cc2)c1. The molecule has 4 rings (SSSR count). The monoisotopic (exact) mass is 594 g/mol. The van der Waals surface area contributed by atoms with Gasteiger partial charge in [0.05, 0.1) is 0 Å². The average molecular weight is 595 g/mol. The molecule has 4 aromatic heterocycles. The van der Waals surface area contributed by atoms with Crippen molar-refractivity contribution in [3.8, 4) is 11.1 Å². The Bertz CT molecular complexity index is 1240. The van der Waals surface area contributed by atoms with E-state index in [4.69, 9.17) is 0 Å². The quantitative estimate of drug-likeness (QED) is 0.0777. The summed E-state index contributed by atoms with van der Waals surface area (Å²) < 4.78 is 9.39. The maximum absolute atomic E-state index is 2.36. The largest absolute Gasteiger partial charge is 0.205 e.